The fourth-order valence-corrected chi connectivity index (χ4v) is 3.36. The van der Waals surface area contributed by atoms with Gasteiger partial charge in [0.05, 0.1) is 0 Å². The van der Waals surface area contributed by atoms with Crippen molar-refractivity contribution in [3.8, 4) is 0 Å². The van der Waals surface area contributed by atoms with Crippen LogP contribution in [0.4, 0.5) is 0 Å². The summed E-state index contributed by atoms with van der Waals surface area (Å²) in [5.74, 6) is 0. The van der Waals surface area contributed by atoms with Crippen molar-refractivity contribution in [1.29, 1.82) is 0 Å². The van der Waals surface area contributed by atoms with Crippen LogP contribution in [0.3, 0.4) is 0 Å². The van der Waals surface area contributed by atoms with Crippen LogP contribution < -0.4 is 0 Å². The highest BCUT2D eigenvalue weighted by molar-refractivity contribution is 9.09. The first-order valence-electron chi connectivity index (χ1n) is 3.46. The van der Waals surface area contributed by atoms with Gasteiger partial charge >= 0.3 is 8.80 Å². The minimum atomic E-state index is -2.27. The Morgan fingerprint density at radius 2 is 1.50 bits per heavy atom. The summed E-state index contributed by atoms with van der Waals surface area (Å²) in [5.41, 5.74) is 0. The van der Waals surface area contributed by atoms with Gasteiger partial charge in [0.15, 0.2) is 0 Å². The number of hydrogen-bond acceptors (Lipinski definition) is 3. The SMILES string of the molecule is CO[Si](CCCBr)(OC)OC.[SiH4]. The highest BCUT2D eigenvalue weighted by Crippen LogP contribution is 2.15. The molecule has 0 N–H and O–H groups in total. The van der Waals surface area contributed by atoms with Gasteiger partial charge in [0.25, 0.3) is 0 Å². The molecule has 0 atom stereocenters. The van der Waals surface area contributed by atoms with E-state index in [2.05, 4.69) is 15.9 Å². The number of alkyl halides is 1. The molecule has 0 fully saturated rings. The Hall–Kier alpha value is 0.794. The quantitative estimate of drug-likeness (QED) is 0.512. The normalized spacial score (nSPS) is 11.0. The third-order valence-electron chi connectivity index (χ3n) is 1.55. The molecule has 0 saturated carbocycles. The third-order valence-corrected chi connectivity index (χ3v) is 4.94. The molecule has 0 aliphatic rings. The maximum Gasteiger partial charge on any atom is 0.500 e. The highest BCUT2D eigenvalue weighted by atomic mass is 79.9. The summed E-state index contributed by atoms with van der Waals surface area (Å²) >= 11 is 3.35. The standard InChI is InChI=1S/C6H15BrO3Si.H4Si/c1-8-11(9-2,10-3)6-4-5-7;/h4-6H2,1-3H3;1H4. The summed E-state index contributed by atoms with van der Waals surface area (Å²) in [5, 5.41) is 0.956. The molecular formula is C6H19BrO3Si2. The van der Waals surface area contributed by atoms with Gasteiger partial charge in [0.1, 0.15) is 0 Å². The van der Waals surface area contributed by atoms with Crippen LogP contribution in [-0.4, -0.2) is 46.4 Å². The van der Waals surface area contributed by atoms with Crippen molar-refractivity contribution < 1.29 is 13.3 Å². The molecule has 0 aromatic heterocycles. The van der Waals surface area contributed by atoms with Gasteiger partial charge in [-0.1, -0.05) is 15.9 Å². The first-order valence-corrected chi connectivity index (χ1v) is 6.51. The van der Waals surface area contributed by atoms with Crippen molar-refractivity contribution in [3.05, 3.63) is 0 Å². The molecule has 0 aromatic carbocycles. The van der Waals surface area contributed by atoms with E-state index in [9.17, 15) is 0 Å². The zero-order valence-electron chi connectivity index (χ0n) is 7.22. The van der Waals surface area contributed by atoms with Gasteiger partial charge in [-0.25, -0.2) is 0 Å². The molecular weight excluding hydrogens is 256 g/mol. The molecule has 76 valence electrons. The molecule has 0 aromatic rings. The van der Waals surface area contributed by atoms with Gasteiger partial charge in [-0.05, 0) is 17.4 Å². The summed E-state index contributed by atoms with van der Waals surface area (Å²) in [6.07, 6.45) is 1.02. The Kier molecular flexibility index (Phi) is 10.7. The molecule has 0 aliphatic heterocycles. The smallest absolute Gasteiger partial charge is 0.377 e. The largest absolute Gasteiger partial charge is 0.500 e. The van der Waals surface area contributed by atoms with Crippen LogP contribution in [0.5, 0.6) is 0 Å². The number of hydrogen-bond donors (Lipinski definition) is 0. The number of rotatable bonds is 6. The molecule has 0 radical (unpaired) electrons. The Morgan fingerprint density at radius 3 is 1.75 bits per heavy atom. The van der Waals surface area contributed by atoms with Gasteiger partial charge < -0.3 is 13.3 Å². The van der Waals surface area contributed by atoms with Crippen molar-refractivity contribution in [2.75, 3.05) is 26.7 Å². The minimum Gasteiger partial charge on any atom is -0.377 e. The predicted molar refractivity (Wildman–Crippen MR) is 61.3 cm³/mol. The van der Waals surface area contributed by atoms with Crippen LogP contribution in [0.1, 0.15) is 6.42 Å². The monoisotopic (exact) mass is 274 g/mol. The van der Waals surface area contributed by atoms with Crippen molar-refractivity contribution >= 4 is 35.7 Å². The average Bonchev–Trinajstić information content (AvgIpc) is 2.08. The van der Waals surface area contributed by atoms with Crippen LogP contribution >= 0.6 is 15.9 Å². The Bertz CT molecular complexity index is 92.5. The van der Waals surface area contributed by atoms with E-state index in [0.29, 0.717) is 0 Å². The molecule has 0 saturated heterocycles. The summed E-state index contributed by atoms with van der Waals surface area (Å²) in [4.78, 5) is 0. The first kappa shape index (κ1) is 15.3. The van der Waals surface area contributed by atoms with E-state index in [1.165, 1.54) is 0 Å². The average molecular weight is 275 g/mol. The molecule has 0 unspecified atom stereocenters. The molecule has 0 amide bonds. The molecule has 0 heterocycles. The summed E-state index contributed by atoms with van der Waals surface area (Å²) in [6, 6.07) is 0.863. The number of halogens is 1. The predicted octanol–water partition coefficient (Wildman–Crippen LogP) is 0.198. The van der Waals surface area contributed by atoms with E-state index in [1.54, 1.807) is 21.3 Å². The van der Waals surface area contributed by atoms with Crippen LogP contribution in [0.25, 0.3) is 0 Å². The second-order valence-electron chi connectivity index (χ2n) is 2.09. The van der Waals surface area contributed by atoms with Crippen LogP contribution in [0.15, 0.2) is 0 Å². The molecule has 0 bridgehead atoms. The zero-order valence-corrected chi connectivity index (χ0v) is 9.81. The van der Waals surface area contributed by atoms with Crippen molar-refractivity contribution in [3.63, 3.8) is 0 Å². The lowest BCUT2D eigenvalue weighted by Crippen LogP contribution is -2.42. The fourth-order valence-electron chi connectivity index (χ4n) is 0.840. The molecule has 0 spiro atoms. The lowest BCUT2D eigenvalue weighted by Gasteiger charge is -2.23. The van der Waals surface area contributed by atoms with Crippen LogP contribution in [-0.2, 0) is 13.3 Å². The molecule has 3 nitrogen and oxygen atoms in total. The van der Waals surface area contributed by atoms with Gasteiger partial charge in [0, 0.05) is 32.7 Å². The second-order valence-corrected chi connectivity index (χ2v) is 5.97. The fraction of sp³-hybridized carbons (Fsp3) is 1.00. The molecule has 0 aliphatic carbocycles. The molecule has 0 rings (SSSR count). The lowest BCUT2D eigenvalue weighted by atomic mass is 10.6. The second kappa shape index (κ2) is 8.39. The molecule has 6 heteroatoms. The van der Waals surface area contributed by atoms with Crippen LogP contribution in [0, 0.1) is 0 Å². The van der Waals surface area contributed by atoms with Crippen molar-refractivity contribution in [1.82, 2.24) is 0 Å². The maximum absolute atomic E-state index is 5.21. The van der Waals surface area contributed by atoms with E-state index in [0.717, 1.165) is 17.8 Å². The van der Waals surface area contributed by atoms with Gasteiger partial charge in [-0.2, -0.15) is 0 Å². The topological polar surface area (TPSA) is 27.7 Å². The summed E-state index contributed by atoms with van der Waals surface area (Å²) in [6.45, 7) is 0. The summed E-state index contributed by atoms with van der Waals surface area (Å²) < 4.78 is 15.6. The van der Waals surface area contributed by atoms with Crippen molar-refractivity contribution in [2.24, 2.45) is 0 Å². The third kappa shape index (κ3) is 4.73. The van der Waals surface area contributed by atoms with Gasteiger partial charge in [0.2, 0.25) is 0 Å². The van der Waals surface area contributed by atoms with E-state index in [4.69, 9.17) is 13.3 Å². The van der Waals surface area contributed by atoms with E-state index >= 15 is 0 Å². The van der Waals surface area contributed by atoms with Gasteiger partial charge in [-0.15, -0.1) is 0 Å². The zero-order chi connectivity index (χ0) is 8.74. The van der Waals surface area contributed by atoms with Crippen molar-refractivity contribution in [2.45, 2.75) is 12.5 Å². The van der Waals surface area contributed by atoms with E-state index in [1.807, 2.05) is 0 Å². The van der Waals surface area contributed by atoms with Gasteiger partial charge in [-0.3, -0.25) is 0 Å². The Morgan fingerprint density at radius 1 is 1.08 bits per heavy atom. The highest BCUT2D eigenvalue weighted by Gasteiger charge is 2.36. The lowest BCUT2D eigenvalue weighted by molar-refractivity contribution is 0.123. The maximum atomic E-state index is 5.21. The Balaban J connectivity index is 0. The molecule has 12 heavy (non-hydrogen) atoms. The Labute approximate surface area is 88.3 Å². The van der Waals surface area contributed by atoms with Crippen LogP contribution in [0.2, 0.25) is 6.04 Å². The van der Waals surface area contributed by atoms with E-state index < -0.39 is 8.80 Å². The first-order chi connectivity index (χ1) is 5.24. The summed E-state index contributed by atoms with van der Waals surface area (Å²) in [7, 11) is 2.63. The minimum absolute atomic E-state index is 0. The van der Waals surface area contributed by atoms with E-state index in [-0.39, 0.29) is 11.0 Å².